The van der Waals surface area contributed by atoms with Crippen molar-refractivity contribution >= 4 is 9.84 Å². The summed E-state index contributed by atoms with van der Waals surface area (Å²) in [5.41, 5.74) is 2.40. The number of fused-ring (bicyclic) bond motifs is 1. The van der Waals surface area contributed by atoms with Crippen molar-refractivity contribution in [1.82, 2.24) is 4.90 Å². The molecule has 1 aliphatic heterocycles. The Balaban J connectivity index is 1.75. The van der Waals surface area contributed by atoms with Crippen LogP contribution in [0.2, 0.25) is 0 Å². The number of rotatable bonds is 4. The summed E-state index contributed by atoms with van der Waals surface area (Å²) in [6.07, 6.45) is 2.17. The summed E-state index contributed by atoms with van der Waals surface area (Å²) in [6.45, 7) is 4.03. The molecule has 4 nitrogen and oxygen atoms in total. The van der Waals surface area contributed by atoms with Gasteiger partial charge in [0.15, 0.2) is 9.84 Å². The molecule has 128 valence electrons. The van der Waals surface area contributed by atoms with Crippen molar-refractivity contribution in [3.05, 3.63) is 65.2 Å². The van der Waals surface area contributed by atoms with Gasteiger partial charge >= 0.3 is 0 Å². The predicted octanol–water partition coefficient (Wildman–Crippen LogP) is 2.36. The van der Waals surface area contributed by atoms with Crippen molar-refractivity contribution in [2.45, 2.75) is 30.4 Å². The van der Waals surface area contributed by atoms with Crippen LogP contribution in [-0.2, 0) is 28.4 Å². The number of benzene rings is 2. The van der Waals surface area contributed by atoms with Crippen molar-refractivity contribution < 1.29 is 13.5 Å². The van der Waals surface area contributed by atoms with Crippen LogP contribution in [0.5, 0.6) is 0 Å². The Kier molecular flexibility index (Phi) is 4.51. The minimum Gasteiger partial charge on any atom is -0.384 e. The lowest BCUT2D eigenvalue weighted by Crippen LogP contribution is -2.41. The second-order valence-electron chi connectivity index (χ2n) is 6.80. The van der Waals surface area contributed by atoms with Gasteiger partial charge in [0.05, 0.1) is 10.5 Å². The van der Waals surface area contributed by atoms with Crippen LogP contribution >= 0.6 is 0 Å². The van der Waals surface area contributed by atoms with Gasteiger partial charge in [0.1, 0.15) is 0 Å². The average molecular weight is 345 g/mol. The van der Waals surface area contributed by atoms with Crippen LogP contribution in [0.25, 0.3) is 0 Å². The molecule has 1 aliphatic rings. The maximum absolute atomic E-state index is 11.6. The van der Waals surface area contributed by atoms with Crippen LogP contribution in [0.15, 0.2) is 53.4 Å². The van der Waals surface area contributed by atoms with E-state index in [2.05, 4.69) is 23.1 Å². The summed E-state index contributed by atoms with van der Waals surface area (Å²) in [5, 5.41) is 10.9. The third-order valence-electron chi connectivity index (χ3n) is 4.65. The van der Waals surface area contributed by atoms with E-state index in [0.29, 0.717) is 6.54 Å². The summed E-state index contributed by atoms with van der Waals surface area (Å²) < 4.78 is 23.1. The molecule has 1 atom stereocenters. The smallest absolute Gasteiger partial charge is 0.175 e. The highest BCUT2D eigenvalue weighted by molar-refractivity contribution is 7.90. The zero-order valence-corrected chi connectivity index (χ0v) is 14.9. The molecule has 3 rings (SSSR count). The molecule has 0 saturated carbocycles. The maximum atomic E-state index is 11.6. The second kappa shape index (κ2) is 6.31. The average Bonchev–Trinajstić information content (AvgIpc) is 2.54. The molecule has 0 amide bonds. The van der Waals surface area contributed by atoms with Gasteiger partial charge in [-0.05, 0) is 42.2 Å². The van der Waals surface area contributed by atoms with Crippen LogP contribution in [0.4, 0.5) is 0 Å². The third-order valence-corrected chi connectivity index (χ3v) is 5.77. The lowest BCUT2D eigenvalue weighted by Gasteiger charge is -2.35. The van der Waals surface area contributed by atoms with Crippen molar-refractivity contribution in [3.63, 3.8) is 0 Å². The van der Waals surface area contributed by atoms with E-state index < -0.39 is 15.4 Å². The number of hydrogen-bond acceptors (Lipinski definition) is 4. The van der Waals surface area contributed by atoms with Gasteiger partial charge in [0.25, 0.3) is 0 Å². The van der Waals surface area contributed by atoms with Crippen LogP contribution in [0, 0.1) is 0 Å². The molecule has 2 aromatic carbocycles. The van der Waals surface area contributed by atoms with Crippen LogP contribution < -0.4 is 0 Å². The first-order valence-corrected chi connectivity index (χ1v) is 9.97. The van der Waals surface area contributed by atoms with Crippen LogP contribution in [0.3, 0.4) is 0 Å². The number of hydrogen-bond donors (Lipinski definition) is 1. The molecule has 0 unspecified atom stereocenters. The Morgan fingerprint density at radius 1 is 1.08 bits per heavy atom. The summed E-state index contributed by atoms with van der Waals surface area (Å²) in [4.78, 5) is 2.52. The van der Waals surface area contributed by atoms with E-state index in [-0.39, 0.29) is 4.90 Å². The first-order chi connectivity index (χ1) is 11.3. The fourth-order valence-electron chi connectivity index (χ4n) is 3.28. The van der Waals surface area contributed by atoms with Gasteiger partial charge in [-0.2, -0.15) is 0 Å². The molecular weight excluding hydrogens is 322 g/mol. The summed E-state index contributed by atoms with van der Waals surface area (Å²) in [5.74, 6) is 0. The van der Waals surface area contributed by atoms with E-state index in [1.165, 1.54) is 17.4 Å². The van der Waals surface area contributed by atoms with E-state index in [1.807, 2.05) is 6.07 Å². The molecule has 1 heterocycles. The SMILES string of the molecule is C[C@](O)(CN1CCc2ccccc2C1)c1ccc(S(C)(=O)=O)cc1. The lowest BCUT2D eigenvalue weighted by atomic mass is 9.93. The fraction of sp³-hybridized carbons (Fsp3) is 0.368. The van der Waals surface area contributed by atoms with Crippen LogP contribution in [-0.4, -0.2) is 37.8 Å². The fourth-order valence-corrected chi connectivity index (χ4v) is 3.91. The quantitative estimate of drug-likeness (QED) is 0.924. The van der Waals surface area contributed by atoms with E-state index in [4.69, 9.17) is 0 Å². The molecule has 0 aromatic heterocycles. The van der Waals surface area contributed by atoms with E-state index in [1.54, 1.807) is 31.2 Å². The van der Waals surface area contributed by atoms with Gasteiger partial charge < -0.3 is 5.11 Å². The molecular formula is C19H23NO3S. The number of β-amino-alcohol motifs (C(OH)–C–C–N with tert-alkyl or cyclic N) is 1. The van der Waals surface area contributed by atoms with Gasteiger partial charge in [-0.3, -0.25) is 4.90 Å². The van der Waals surface area contributed by atoms with Gasteiger partial charge in [-0.15, -0.1) is 0 Å². The van der Waals surface area contributed by atoms with E-state index >= 15 is 0 Å². The topological polar surface area (TPSA) is 57.6 Å². The number of nitrogens with zero attached hydrogens (tertiary/aromatic N) is 1. The van der Waals surface area contributed by atoms with E-state index in [9.17, 15) is 13.5 Å². The minimum absolute atomic E-state index is 0.272. The molecule has 0 spiro atoms. The molecule has 0 fully saturated rings. The van der Waals surface area contributed by atoms with Crippen molar-refractivity contribution in [3.8, 4) is 0 Å². The van der Waals surface area contributed by atoms with Crippen molar-refractivity contribution in [2.24, 2.45) is 0 Å². The van der Waals surface area contributed by atoms with Crippen molar-refractivity contribution in [2.75, 3.05) is 19.3 Å². The third kappa shape index (κ3) is 3.69. The molecule has 24 heavy (non-hydrogen) atoms. The predicted molar refractivity (Wildman–Crippen MR) is 94.5 cm³/mol. The summed E-state index contributed by atoms with van der Waals surface area (Å²) >= 11 is 0. The first kappa shape index (κ1) is 17.1. The van der Waals surface area contributed by atoms with Gasteiger partial charge in [0, 0.05) is 25.9 Å². The Labute approximate surface area is 143 Å². The highest BCUT2D eigenvalue weighted by Crippen LogP contribution is 2.26. The highest BCUT2D eigenvalue weighted by Gasteiger charge is 2.28. The Morgan fingerprint density at radius 3 is 2.33 bits per heavy atom. The highest BCUT2D eigenvalue weighted by atomic mass is 32.2. The molecule has 2 aromatic rings. The Morgan fingerprint density at radius 2 is 1.71 bits per heavy atom. The number of aliphatic hydroxyl groups is 1. The normalized spacial score (nSPS) is 18.0. The molecule has 0 aliphatic carbocycles. The van der Waals surface area contributed by atoms with Crippen molar-refractivity contribution in [1.29, 1.82) is 0 Å². The molecule has 0 bridgehead atoms. The minimum atomic E-state index is -3.22. The number of sulfone groups is 1. The zero-order valence-electron chi connectivity index (χ0n) is 14.1. The Bertz CT molecular complexity index is 826. The second-order valence-corrected chi connectivity index (χ2v) is 8.82. The standard InChI is InChI=1S/C19H23NO3S/c1-19(21,17-7-9-18(10-8-17)24(2,22)23)14-20-12-11-15-5-3-4-6-16(15)13-20/h3-10,21H,11-14H2,1-2H3/t19-/m0/s1. The lowest BCUT2D eigenvalue weighted by molar-refractivity contribution is 0.0117. The van der Waals surface area contributed by atoms with Crippen LogP contribution in [0.1, 0.15) is 23.6 Å². The van der Waals surface area contributed by atoms with Gasteiger partial charge in [0.2, 0.25) is 0 Å². The molecule has 5 heteroatoms. The molecule has 0 saturated heterocycles. The zero-order chi connectivity index (χ0) is 17.4. The molecule has 0 radical (unpaired) electrons. The maximum Gasteiger partial charge on any atom is 0.175 e. The Hall–Kier alpha value is -1.69. The molecule has 1 N–H and O–H groups in total. The summed E-state index contributed by atoms with van der Waals surface area (Å²) in [6, 6.07) is 14.9. The van der Waals surface area contributed by atoms with Gasteiger partial charge in [-0.25, -0.2) is 8.42 Å². The first-order valence-electron chi connectivity index (χ1n) is 8.08. The van der Waals surface area contributed by atoms with E-state index in [0.717, 1.165) is 25.1 Å². The summed E-state index contributed by atoms with van der Waals surface area (Å²) in [7, 11) is -3.22. The largest absolute Gasteiger partial charge is 0.384 e. The monoisotopic (exact) mass is 345 g/mol. The van der Waals surface area contributed by atoms with Gasteiger partial charge in [-0.1, -0.05) is 36.4 Å².